The van der Waals surface area contributed by atoms with E-state index in [1.165, 1.54) is 13.2 Å². The molecule has 4 nitrogen and oxygen atoms in total. The molecule has 1 aliphatic carbocycles. The predicted molar refractivity (Wildman–Crippen MR) is 49.1 cm³/mol. The van der Waals surface area contributed by atoms with Gasteiger partial charge in [0, 0.05) is 18.4 Å². The highest BCUT2D eigenvalue weighted by Gasteiger charge is 2.35. The summed E-state index contributed by atoms with van der Waals surface area (Å²) >= 11 is 0. The third-order valence-corrected chi connectivity index (χ3v) is 2.14. The molecule has 2 N–H and O–H groups in total. The molecule has 2 unspecified atom stereocenters. The van der Waals surface area contributed by atoms with Gasteiger partial charge in [0.25, 0.3) is 0 Å². The Morgan fingerprint density at radius 3 is 3.00 bits per heavy atom. The Hall–Kier alpha value is -1.31. The molecule has 2 atom stereocenters. The first-order valence-electron chi connectivity index (χ1n) is 4.18. The van der Waals surface area contributed by atoms with E-state index in [1.54, 1.807) is 0 Å². The van der Waals surface area contributed by atoms with Crippen molar-refractivity contribution in [2.75, 3.05) is 7.11 Å². The first kappa shape index (κ1) is 10.8. The maximum absolute atomic E-state index is 11.1. The van der Waals surface area contributed by atoms with Crippen molar-refractivity contribution >= 4 is 5.97 Å². The Kier molecular flexibility index (Phi) is 2.94. The van der Waals surface area contributed by atoms with E-state index in [2.05, 4.69) is 10.7 Å². The minimum absolute atomic E-state index is 0.0211. The molecular weight excluding hydrogens is 184 g/mol. The monoisotopic (exact) mass is 196 g/mol. The SMILES string of the molecule is C#CC1(O)CC(C(=O)OC)=CC(O)C1. The molecule has 0 radical (unpaired) electrons. The summed E-state index contributed by atoms with van der Waals surface area (Å²) in [5.41, 5.74) is -1.23. The van der Waals surface area contributed by atoms with Gasteiger partial charge in [-0.3, -0.25) is 0 Å². The van der Waals surface area contributed by atoms with Gasteiger partial charge in [-0.05, 0) is 6.08 Å². The molecule has 0 bridgehead atoms. The van der Waals surface area contributed by atoms with Gasteiger partial charge in [-0.2, -0.15) is 0 Å². The van der Waals surface area contributed by atoms with Crippen LogP contribution in [-0.4, -0.2) is 35.0 Å². The lowest BCUT2D eigenvalue weighted by Gasteiger charge is -2.29. The number of methoxy groups -OCH3 is 1. The van der Waals surface area contributed by atoms with Gasteiger partial charge in [0.05, 0.1) is 13.2 Å². The van der Waals surface area contributed by atoms with E-state index >= 15 is 0 Å². The molecule has 0 amide bonds. The summed E-state index contributed by atoms with van der Waals surface area (Å²) in [4.78, 5) is 11.1. The zero-order chi connectivity index (χ0) is 10.8. The Morgan fingerprint density at radius 2 is 2.50 bits per heavy atom. The molecule has 0 saturated carbocycles. The van der Waals surface area contributed by atoms with E-state index in [9.17, 15) is 15.0 Å². The van der Waals surface area contributed by atoms with Gasteiger partial charge >= 0.3 is 5.97 Å². The second-order valence-electron chi connectivity index (χ2n) is 3.31. The van der Waals surface area contributed by atoms with Crippen molar-refractivity contribution in [1.29, 1.82) is 0 Å². The lowest BCUT2D eigenvalue weighted by atomic mass is 9.84. The Bertz CT molecular complexity index is 313. The zero-order valence-corrected chi connectivity index (χ0v) is 7.86. The molecule has 76 valence electrons. The number of hydrogen-bond donors (Lipinski definition) is 2. The van der Waals surface area contributed by atoms with Crippen LogP contribution in [0.5, 0.6) is 0 Å². The first-order chi connectivity index (χ1) is 6.50. The maximum atomic E-state index is 11.1. The summed E-state index contributed by atoms with van der Waals surface area (Å²) in [7, 11) is 1.24. The molecule has 4 heteroatoms. The van der Waals surface area contributed by atoms with Crippen molar-refractivity contribution < 1.29 is 19.7 Å². The summed E-state index contributed by atoms with van der Waals surface area (Å²) in [6, 6.07) is 0. The van der Waals surface area contributed by atoms with E-state index in [1.807, 2.05) is 0 Å². The van der Waals surface area contributed by atoms with Crippen LogP contribution < -0.4 is 0 Å². The van der Waals surface area contributed by atoms with Gasteiger partial charge in [0.1, 0.15) is 5.60 Å². The smallest absolute Gasteiger partial charge is 0.333 e. The summed E-state index contributed by atoms with van der Waals surface area (Å²) in [6.45, 7) is 0. The van der Waals surface area contributed by atoms with Crippen LogP contribution in [0.3, 0.4) is 0 Å². The highest BCUT2D eigenvalue weighted by atomic mass is 16.5. The summed E-state index contributed by atoms with van der Waals surface area (Å²) in [6.07, 6.45) is 5.63. The molecule has 0 heterocycles. The van der Waals surface area contributed by atoms with Crippen molar-refractivity contribution in [2.24, 2.45) is 0 Å². The third-order valence-electron chi connectivity index (χ3n) is 2.14. The average Bonchev–Trinajstić information content (AvgIpc) is 2.15. The Labute approximate surface area is 82.2 Å². The molecule has 0 aromatic carbocycles. The summed E-state index contributed by atoms with van der Waals surface area (Å²) in [5.74, 6) is 1.59. The number of terminal acetylenes is 1. The minimum atomic E-state index is -1.45. The Morgan fingerprint density at radius 1 is 1.86 bits per heavy atom. The van der Waals surface area contributed by atoms with Gasteiger partial charge < -0.3 is 14.9 Å². The van der Waals surface area contributed by atoms with Gasteiger partial charge in [-0.25, -0.2) is 4.79 Å². The topological polar surface area (TPSA) is 66.8 Å². The van der Waals surface area contributed by atoms with E-state index in [4.69, 9.17) is 6.42 Å². The minimum Gasteiger partial charge on any atom is -0.466 e. The van der Waals surface area contributed by atoms with Crippen LogP contribution >= 0.6 is 0 Å². The maximum Gasteiger partial charge on any atom is 0.333 e. The fourth-order valence-corrected chi connectivity index (χ4v) is 1.46. The van der Waals surface area contributed by atoms with E-state index < -0.39 is 17.7 Å². The van der Waals surface area contributed by atoms with Gasteiger partial charge in [0.15, 0.2) is 0 Å². The first-order valence-corrected chi connectivity index (χ1v) is 4.18. The molecule has 14 heavy (non-hydrogen) atoms. The standard InChI is InChI=1S/C10H12O4/c1-3-10(13)5-7(9(12)14-2)4-8(11)6-10/h1,4,8,11,13H,5-6H2,2H3. The molecule has 1 rings (SSSR count). The van der Waals surface area contributed by atoms with E-state index in [-0.39, 0.29) is 18.4 Å². The number of carbonyl (C=O) groups excluding carboxylic acids is 1. The summed E-state index contributed by atoms with van der Waals surface area (Å²) in [5, 5.41) is 19.1. The normalized spacial score (nSPS) is 31.6. The van der Waals surface area contributed by atoms with Crippen LogP contribution in [0, 0.1) is 12.3 Å². The van der Waals surface area contributed by atoms with Crippen LogP contribution in [0.1, 0.15) is 12.8 Å². The molecule has 0 aromatic rings. The quantitative estimate of drug-likeness (QED) is 0.442. The van der Waals surface area contributed by atoms with Crippen molar-refractivity contribution in [2.45, 2.75) is 24.5 Å². The summed E-state index contributed by atoms with van der Waals surface area (Å²) < 4.78 is 4.48. The van der Waals surface area contributed by atoms with Gasteiger partial charge in [0.2, 0.25) is 0 Å². The second kappa shape index (κ2) is 3.82. The lowest BCUT2D eigenvalue weighted by molar-refractivity contribution is -0.137. The number of hydrogen-bond acceptors (Lipinski definition) is 4. The van der Waals surface area contributed by atoms with E-state index in [0.29, 0.717) is 0 Å². The number of carbonyl (C=O) groups is 1. The van der Waals surface area contributed by atoms with E-state index in [0.717, 1.165) is 0 Å². The number of ether oxygens (including phenoxy) is 1. The molecule has 0 aromatic heterocycles. The average molecular weight is 196 g/mol. The molecule has 0 fully saturated rings. The van der Waals surface area contributed by atoms with Gasteiger partial charge in [-0.1, -0.05) is 5.92 Å². The van der Waals surface area contributed by atoms with Crippen molar-refractivity contribution in [3.63, 3.8) is 0 Å². The fourth-order valence-electron chi connectivity index (χ4n) is 1.46. The predicted octanol–water partition coefficient (Wildman–Crippen LogP) is -0.395. The van der Waals surface area contributed by atoms with Crippen molar-refractivity contribution in [1.82, 2.24) is 0 Å². The lowest BCUT2D eigenvalue weighted by Crippen LogP contribution is -2.37. The number of rotatable bonds is 1. The van der Waals surface area contributed by atoms with Crippen LogP contribution in [-0.2, 0) is 9.53 Å². The van der Waals surface area contributed by atoms with Crippen molar-refractivity contribution in [3.8, 4) is 12.3 Å². The highest BCUT2D eigenvalue weighted by Crippen LogP contribution is 2.28. The zero-order valence-electron chi connectivity index (χ0n) is 7.86. The number of aliphatic hydroxyl groups is 2. The van der Waals surface area contributed by atoms with Gasteiger partial charge in [-0.15, -0.1) is 6.42 Å². The number of aliphatic hydroxyl groups excluding tert-OH is 1. The molecule has 0 aliphatic heterocycles. The molecule has 0 saturated heterocycles. The van der Waals surface area contributed by atoms with Crippen LogP contribution in [0.2, 0.25) is 0 Å². The third kappa shape index (κ3) is 2.13. The molecule has 0 spiro atoms. The van der Waals surface area contributed by atoms with Crippen LogP contribution in [0.4, 0.5) is 0 Å². The molecular formula is C10H12O4. The van der Waals surface area contributed by atoms with Crippen LogP contribution in [0.15, 0.2) is 11.6 Å². The van der Waals surface area contributed by atoms with Crippen molar-refractivity contribution in [3.05, 3.63) is 11.6 Å². The highest BCUT2D eigenvalue weighted by molar-refractivity contribution is 5.89. The Balaban J connectivity index is 2.90. The number of esters is 1. The van der Waals surface area contributed by atoms with Crippen LogP contribution in [0.25, 0.3) is 0 Å². The molecule has 1 aliphatic rings. The fraction of sp³-hybridized carbons (Fsp3) is 0.500. The largest absolute Gasteiger partial charge is 0.466 e. The second-order valence-corrected chi connectivity index (χ2v) is 3.31.